The fraction of sp³-hybridized carbons (Fsp3) is 0.500. The van der Waals surface area contributed by atoms with E-state index in [0.717, 1.165) is 0 Å². The molecule has 0 saturated heterocycles. The van der Waals surface area contributed by atoms with E-state index in [1.807, 2.05) is 0 Å². The predicted molar refractivity (Wildman–Crippen MR) is 125 cm³/mol. The van der Waals surface area contributed by atoms with Crippen molar-refractivity contribution >= 4 is 31.1 Å². The molecule has 1 aliphatic rings. The highest BCUT2D eigenvalue weighted by Crippen LogP contribution is 2.43. The molecule has 12 heteroatoms. The molecule has 11 nitrogen and oxygen atoms in total. The second kappa shape index (κ2) is 12.7. The van der Waals surface area contributed by atoms with Crippen LogP contribution in [0.1, 0.15) is 26.3 Å². The Morgan fingerprint density at radius 1 is 1.18 bits per heavy atom. The lowest BCUT2D eigenvalue weighted by atomic mass is 9.78. The fourth-order valence-electron chi connectivity index (χ4n) is 3.74. The lowest BCUT2D eigenvalue weighted by Gasteiger charge is -2.37. The Morgan fingerprint density at radius 2 is 1.85 bits per heavy atom. The number of nitrogens with zero attached hydrogens (tertiary/aromatic N) is 2. The Hall–Kier alpha value is -2.69. The van der Waals surface area contributed by atoms with Gasteiger partial charge in [-0.3, -0.25) is 15.0 Å². The predicted octanol–water partition coefficient (Wildman–Crippen LogP) is 2.38. The number of allylic oxidation sites excluding steroid dienone is 1. The van der Waals surface area contributed by atoms with Crippen LogP contribution in [-0.2, 0) is 34.2 Å². The van der Waals surface area contributed by atoms with E-state index in [-0.39, 0.29) is 57.0 Å². The second-order valence-corrected chi connectivity index (χ2v) is 7.81. The third-order valence-electron chi connectivity index (χ3n) is 5.16. The number of non-ortho nitro benzene ring substituents is 1. The van der Waals surface area contributed by atoms with Crippen LogP contribution in [0.5, 0.6) is 0 Å². The molecule has 1 aliphatic heterocycles. The maximum Gasteiger partial charge on any atom is 0.344 e. The van der Waals surface area contributed by atoms with Crippen LogP contribution in [-0.4, -0.2) is 78.8 Å². The molecular weight excluding hydrogens is 467 g/mol. The minimum absolute atomic E-state index is 0.0200. The zero-order valence-electron chi connectivity index (χ0n) is 19.9. The third kappa shape index (κ3) is 5.51. The van der Waals surface area contributed by atoms with Crippen molar-refractivity contribution in [2.24, 2.45) is 0 Å². The van der Waals surface area contributed by atoms with Gasteiger partial charge in [0.2, 0.25) is 11.4 Å². The van der Waals surface area contributed by atoms with Gasteiger partial charge in [0, 0.05) is 50.5 Å². The minimum Gasteiger partial charge on any atom is -0.462 e. The number of hydrogen-bond donors (Lipinski definition) is 1. The molecule has 2 rings (SSSR count). The first-order chi connectivity index (χ1) is 16.3. The normalized spacial score (nSPS) is 19.5. The Bertz CT molecular complexity index is 1010. The molecule has 0 spiro atoms. The van der Waals surface area contributed by atoms with E-state index in [1.54, 1.807) is 26.8 Å². The summed E-state index contributed by atoms with van der Waals surface area (Å²) in [5.41, 5.74) is -0.766. The van der Waals surface area contributed by atoms with Gasteiger partial charge in [-0.15, -0.1) is 0 Å². The molecular formula is C22H30N2O9P+. The molecule has 0 radical (unpaired) electrons. The molecule has 186 valence electrons. The van der Waals surface area contributed by atoms with Crippen molar-refractivity contribution in [2.45, 2.75) is 26.4 Å². The van der Waals surface area contributed by atoms with Crippen LogP contribution in [0, 0.1) is 10.1 Å². The van der Waals surface area contributed by atoms with Gasteiger partial charge in [0.1, 0.15) is 10.9 Å². The molecule has 0 aromatic heterocycles. The average Bonchev–Trinajstić information content (AvgIpc) is 2.81. The average molecular weight is 497 g/mol. The van der Waals surface area contributed by atoms with Crippen LogP contribution in [0.3, 0.4) is 0 Å². The molecule has 0 amide bonds. The minimum atomic E-state index is -1.69. The molecule has 1 N–H and O–H groups in total. The number of rotatable bonds is 12. The summed E-state index contributed by atoms with van der Waals surface area (Å²) < 4.78 is 23.3. The number of ether oxygens (including phenoxy) is 4. The quantitative estimate of drug-likeness (QED) is 0.116. The molecule has 0 bridgehead atoms. The number of esters is 1. The summed E-state index contributed by atoms with van der Waals surface area (Å²) in [6.07, 6.45) is 0. The lowest BCUT2D eigenvalue weighted by molar-refractivity contribution is -0.754. The van der Waals surface area contributed by atoms with Crippen LogP contribution in [0.15, 0.2) is 35.5 Å². The van der Waals surface area contributed by atoms with Crippen LogP contribution in [0.2, 0.25) is 0 Å². The summed E-state index contributed by atoms with van der Waals surface area (Å²) in [6, 6.07) is 5.75. The van der Waals surface area contributed by atoms with Gasteiger partial charge in [0.15, 0.2) is 12.2 Å². The van der Waals surface area contributed by atoms with E-state index in [4.69, 9.17) is 23.8 Å². The van der Waals surface area contributed by atoms with Crippen molar-refractivity contribution in [1.29, 1.82) is 0 Å². The van der Waals surface area contributed by atoms with Gasteiger partial charge in [-0.25, -0.2) is 4.79 Å². The third-order valence-corrected chi connectivity index (χ3v) is 5.99. The van der Waals surface area contributed by atoms with Crippen molar-refractivity contribution in [3.63, 3.8) is 0 Å². The number of nitro groups is 1. The number of carbonyl (C=O) groups is 1. The largest absolute Gasteiger partial charge is 0.462 e. The van der Waals surface area contributed by atoms with Gasteiger partial charge in [-0.2, -0.15) is 0 Å². The molecule has 1 aromatic rings. The van der Waals surface area contributed by atoms with Gasteiger partial charge in [0.05, 0.1) is 39.8 Å². The fourth-order valence-corrected chi connectivity index (χ4v) is 4.42. The number of hydrogen-bond acceptors (Lipinski definition) is 9. The number of hydroxylamine groups is 1. The van der Waals surface area contributed by atoms with E-state index in [2.05, 4.69) is 0 Å². The van der Waals surface area contributed by atoms with Crippen LogP contribution >= 0.6 is 8.43 Å². The standard InChI is InChI=1S/C22H29N2O9P/c1-6-31-21(25)19-15(2)23(33-13-11-30-5)16(3)20(34-28)22(19,32-12-10-29-4)17-8-7-9-18(14-17)24(26)27/h7-9,14H,6,10-13H2,1-5H3/p+1. The molecule has 0 fully saturated rings. The first kappa shape index (κ1) is 27.6. The Morgan fingerprint density at radius 3 is 2.44 bits per heavy atom. The zero-order valence-corrected chi connectivity index (χ0v) is 20.8. The molecule has 34 heavy (non-hydrogen) atoms. The van der Waals surface area contributed by atoms with Gasteiger partial charge < -0.3 is 23.8 Å². The van der Waals surface area contributed by atoms with Crippen molar-refractivity contribution < 1.29 is 43.1 Å². The van der Waals surface area contributed by atoms with E-state index in [1.165, 1.54) is 37.2 Å². The first-order valence-electron chi connectivity index (χ1n) is 10.5. The Kier molecular flexibility index (Phi) is 10.3. The van der Waals surface area contributed by atoms with Crippen LogP contribution < -0.4 is 0 Å². The smallest absolute Gasteiger partial charge is 0.344 e. The van der Waals surface area contributed by atoms with Crippen molar-refractivity contribution in [3.8, 4) is 0 Å². The molecule has 1 heterocycles. The Labute approximate surface area is 199 Å². The monoisotopic (exact) mass is 497 g/mol. The maximum absolute atomic E-state index is 13.4. The molecule has 0 aliphatic carbocycles. The summed E-state index contributed by atoms with van der Waals surface area (Å²) >= 11 is 0. The molecule has 1 atom stereocenters. The highest BCUT2D eigenvalue weighted by atomic mass is 31.1. The van der Waals surface area contributed by atoms with E-state index < -0.39 is 16.5 Å². The topological polar surface area (TPSA) is 130 Å². The van der Waals surface area contributed by atoms with Crippen molar-refractivity contribution in [1.82, 2.24) is 0 Å². The van der Waals surface area contributed by atoms with Crippen LogP contribution in [0.25, 0.3) is 0 Å². The van der Waals surface area contributed by atoms with Gasteiger partial charge >= 0.3 is 5.97 Å². The van der Waals surface area contributed by atoms with Gasteiger partial charge in [-0.1, -0.05) is 12.1 Å². The number of benzene rings is 1. The molecule has 0 saturated carbocycles. The number of nitro benzene ring substituents is 1. The molecule has 1 aromatic carbocycles. The first-order valence-corrected chi connectivity index (χ1v) is 11.4. The van der Waals surface area contributed by atoms with E-state index in [9.17, 15) is 19.8 Å². The highest BCUT2D eigenvalue weighted by molar-refractivity contribution is 7.38. The summed E-state index contributed by atoms with van der Waals surface area (Å²) in [6.45, 7) is 5.75. The van der Waals surface area contributed by atoms with Crippen molar-refractivity contribution in [3.05, 3.63) is 51.2 Å². The van der Waals surface area contributed by atoms with E-state index >= 15 is 0 Å². The SMILES string of the molecule is CCOC(=O)C1=C(C)[N+](OCCOC)=C(C)C(=PO)C1(OCCOC)c1cccc([N+](=O)[O-])c1. The Balaban J connectivity index is 2.90. The summed E-state index contributed by atoms with van der Waals surface area (Å²) in [5, 5.41) is 11.8. The summed E-state index contributed by atoms with van der Waals surface area (Å²) in [7, 11) is 2.80. The number of carbonyl (C=O) groups excluding carboxylic acids is 1. The van der Waals surface area contributed by atoms with Gasteiger partial charge in [0.25, 0.3) is 5.69 Å². The second-order valence-electron chi connectivity index (χ2n) is 7.17. The molecule has 1 unspecified atom stereocenters. The highest BCUT2D eigenvalue weighted by Gasteiger charge is 2.56. The summed E-state index contributed by atoms with van der Waals surface area (Å²) in [4.78, 5) is 40.7. The zero-order chi connectivity index (χ0) is 25.3. The number of methoxy groups -OCH3 is 2. The summed E-state index contributed by atoms with van der Waals surface area (Å²) in [5.74, 6) is -0.710. The van der Waals surface area contributed by atoms with Gasteiger partial charge in [-0.05, 0) is 6.92 Å². The lowest BCUT2D eigenvalue weighted by Crippen LogP contribution is -2.52. The maximum atomic E-state index is 13.4. The van der Waals surface area contributed by atoms with E-state index in [0.29, 0.717) is 18.0 Å². The van der Waals surface area contributed by atoms with Crippen LogP contribution in [0.4, 0.5) is 5.69 Å². The van der Waals surface area contributed by atoms with Crippen molar-refractivity contribution in [2.75, 3.05) is 47.3 Å².